The summed E-state index contributed by atoms with van der Waals surface area (Å²) in [7, 11) is -2.09. The Morgan fingerprint density at radius 2 is 2.11 bits per heavy atom. The van der Waals surface area contributed by atoms with Crippen molar-refractivity contribution >= 4 is 15.5 Å². The van der Waals surface area contributed by atoms with Gasteiger partial charge in [0.1, 0.15) is 11.6 Å². The Hall–Kier alpha value is -1.60. The van der Waals surface area contributed by atoms with Crippen molar-refractivity contribution in [2.45, 2.75) is 31.8 Å². The number of pyridine rings is 1. The Bertz CT molecular complexity index is 704. The number of fused-ring (bicyclic) bond motifs is 1. The third-order valence-corrected chi connectivity index (χ3v) is 4.23. The van der Waals surface area contributed by atoms with Gasteiger partial charge in [0.2, 0.25) is 0 Å². The Kier molecular flexibility index (Phi) is 3.51. The van der Waals surface area contributed by atoms with Gasteiger partial charge in [-0.05, 0) is 26.8 Å². The average molecular weight is 283 g/mol. The van der Waals surface area contributed by atoms with E-state index in [-0.39, 0.29) is 11.1 Å². The number of imidazole rings is 1. The van der Waals surface area contributed by atoms with E-state index >= 15 is 0 Å². The second-order valence-electron chi connectivity index (χ2n) is 4.56. The molecule has 0 radical (unpaired) electrons. The fraction of sp³-hybridized carbons (Fsp3) is 0.417. The zero-order valence-corrected chi connectivity index (χ0v) is 12.2. The number of methoxy groups -OCH3 is 1. The second-order valence-corrected chi connectivity index (χ2v) is 6.19. The van der Waals surface area contributed by atoms with Crippen LogP contribution in [-0.4, -0.2) is 31.0 Å². The van der Waals surface area contributed by atoms with Crippen LogP contribution in [-0.2, 0) is 10.0 Å². The first kappa shape index (κ1) is 13.8. The lowest BCUT2D eigenvalue weighted by atomic mass is 10.4. The fourth-order valence-electron chi connectivity index (χ4n) is 1.88. The van der Waals surface area contributed by atoms with Gasteiger partial charge in [0, 0.05) is 18.3 Å². The zero-order chi connectivity index (χ0) is 14.2. The standard InChI is InChI=1S/C12H17N3O3S/c1-8(2)14-19(16,17)12-11-7-10(18-4)5-6-15(11)9(3)13-12/h5-8,14H,1-4H3. The van der Waals surface area contributed by atoms with Crippen LogP contribution in [0.15, 0.2) is 23.4 Å². The monoisotopic (exact) mass is 283 g/mol. The Morgan fingerprint density at radius 1 is 1.42 bits per heavy atom. The van der Waals surface area contributed by atoms with Gasteiger partial charge in [0.05, 0.1) is 12.6 Å². The van der Waals surface area contributed by atoms with Gasteiger partial charge in [0.15, 0.2) is 5.03 Å². The van der Waals surface area contributed by atoms with E-state index in [1.54, 1.807) is 43.5 Å². The summed E-state index contributed by atoms with van der Waals surface area (Å²) in [6, 6.07) is 3.23. The Balaban J connectivity index is 2.67. The number of rotatable bonds is 4. The highest BCUT2D eigenvalue weighted by Crippen LogP contribution is 2.22. The van der Waals surface area contributed by atoms with Crippen molar-refractivity contribution in [1.82, 2.24) is 14.1 Å². The third kappa shape index (κ3) is 2.57. The summed E-state index contributed by atoms with van der Waals surface area (Å²) < 4.78 is 33.9. The number of nitrogens with one attached hydrogen (secondary N) is 1. The van der Waals surface area contributed by atoms with Gasteiger partial charge >= 0.3 is 0 Å². The molecule has 6 nitrogen and oxygen atoms in total. The van der Waals surface area contributed by atoms with Crippen LogP contribution >= 0.6 is 0 Å². The number of nitrogens with zero attached hydrogens (tertiary/aromatic N) is 2. The van der Waals surface area contributed by atoms with Crippen molar-refractivity contribution in [3.8, 4) is 5.75 Å². The van der Waals surface area contributed by atoms with Crippen LogP contribution in [0.2, 0.25) is 0 Å². The van der Waals surface area contributed by atoms with Crippen LogP contribution in [0.5, 0.6) is 5.75 Å². The average Bonchev–Trinajstić information content (AvgIpc) is 2.65. The van der Waals surface area contributed by atoms with Crippen LogP contribution in [0, 0.1) is 6.92 Å². The maximum Gasteiger partial charge on any atom is 0.260 e. The molecule has 2 heterocycles. The largest absolute Gasteiger partial charge is 0.497 e. The molecule has 2 aromatic heterocycles. The van der Waals surface area contributed by atoms with Gasteiger partial charge < -0.3 is 9.14 Å². The molecule has 0 atom stereocenters. The predicted molar refractivity (Wildman–Crippen MR) is 71.9 cm³/mol. The van der Waals surface area contributed by atoms with Crippen molar-refractivity contribution in [1.29, 1.82) is 0 Å². The number of aryl methyl sites for hydroxylation is 1. The topological polar surface area (TPSA) is 72.7 Å². The summed E-state index contributed by atoms with van der Waals surface area (Å²) in [5.74, 6) is 1.20. The van der Waals surface area contributed by atoms with Gasteiger partial charge in [-0.2, -0.15) is 0 Å². The van der Waals surface area contributed by atoms with E-state index in [0.717, 1.165) is 0 Å². The smallest absolute Gasteiger partial charge is 0.260 e. The molecular weight excluding hydrogens is 266 g/mol. The molecule has 0 aromatic carbocycles. The normalized spacial score (nSPS) is 12.3. The quantitative estimate of drug-likeness (QED) is 0.919. The summed E-state index contributed by atoms with van der Waals surface area (Å²) in [6.45, 7) is 5.29. The van der Waals surface area contributed by atoms with Gasteiger partial charge in [0.25, 0.3) is 10.0 Å². The molecule has 7 heteroatoms. The van der Waals surface area contributed by atoms with Crippen molar-refractivity contribution < 1.29 is 13.2 Å². The first-order chi connectivity index (χ1) is 8.85. The molecule has 0 saturated carbocycles. The van der Waals surface area contributed by atoms with E-state index in [9.17, 15) is 8.42 Å². The molecule has 0 aliphatic heterocycles. The van der Waals surface area contributed by atoms with E-state index in [1.807, 2.05) is 0 Å². The highest BCUT2D eigenvalue weighted by molar-refractivity contribution is 7.89. The number of aromatic nitrogens is 2. The molecular formula is C12H17N3O3S. The lowest BCUT2D eigenvalue weighted by Crippen LogP contribution is -2.30. The molecule has 0 unspecified atom stereocenters. The third-order valence-electron chi connectivity index (χ3n) is 2.64. The molecule has 104 valence electrons. The van der Waals surface area contributed by atoms with Gasteiger partial charge in [-0.15, -0.1) is 0 Å². The summed E-state index contributed by atoms with van der Waals surface area (Å²) in [4.78, 5) is 4.15. The SMILES string of the molecule is COc1ccn2c(C)nc(S(=O)(=O)NC(C)C)c2c1. The Labute approximate surface area is 112 Å². The zero-order valence-electron chi connectivity index (χ0n) is 11.3. The molecule has 2 rings (SSSR count). The van der Waals surface area contributed by atoms with E-state index in [0.29, 0.717) is 17.1 Å². The lowest BCUT2D eigenvalue weighted by Gasteiger charge is -2.08. The second kappa shape index (κ2) is 4.82. The molecule has 0 bridgehead atoms. The van der Waals surface area contributed by atoms with E-state index < -0.39 is 10.0 Å². The van der Waals surface area contributed by atoms with Crippen molar-refractivity contribution in [2.24, 2.45) is 0 Å². The van der Waals surface area contributed by atoms with Crippen LogP contribution in [0.3, 0.4) is 0 Å². The molecule has 0 amide bonds. The molecule has 1 N–H and O–H groups in total. The highest BCUT2D eigenvalue weighted by Gasteiger charge is 2.23. The first-order valence-electron chi connectivity index (χ1n) is 5.90. The van der Waals surface area contributed by atoms with E-state index in [1.165, 1.54) is 7.11 Å². The molecule has 0 spiro atoms. The summed E-state index contributed by atoms with van der Waals surface area (Å²) in [6.07, 6.45) is 1.74. The van der Waals surface area contributed by atoms with Gasteiger partial charge in [-0.25, -0.2) is 18.1 Å². The molecule has 0 aliphatic carbocycles. The van der Waals surface area contributed by atoms with Crippen LogP contribution in [0.25, 0.3) is 5.52 Å². The highest BCUT2D eigenvalue weighted by atomic mass is 32.2. The minimum atomic E-state index is -3.63. The predicted octanol–water partition coefficient (Wildman–Crippen LogP) is 1.34. The van der Waals surface area contributed by atoms with Crippen molar-refractivity contribution in [2.75, 3.05) is 7.11 Å². The van der Waals surface area contributed by atoms with E-state index in [4.69, 9.17) is 4.74 Å². The van der Waals surface area contributed by atoms with Gasteiger partial charge in [-0.1, -0.05) is 0 Å². The van der Waals surface area contributed by atoms with Crippen LogP contribution in [0.4, 0.5) is 0 Å². The van der Waals surface area contributed by atoms with Crippen LogP contribution in [0.1, 0.15) is 19.7 Å². The summed E-state index contributed by atoms with van der Waals surface area (Å²) in [5.41, 5.74) is 0.505. The molecule has 19 heavy (non-hydrogen) atoms. The number of hydrogen-bond donors (Lipinski definition) is 1. The Morgan fingerprint density at radius 3 is 2.68 bits per heavy atom. The molecule has 0 saturated heterocycles. The molecule has 0 fully saturated rings. The number of sulfonamides is 1. The van der Waals surface area contributed by atoms with E-state index in [2.05, 4.69) is 9.71 Å². The first-order valence-corrected chi connectivity index (χ1v) is 7.38. The minimum Gasteiger partial charge on any atom is -0.497 e. The minimum absolute atomic E-state index is 0.0256. The summed E-state index contributed by atoms with van der Waals surface area (Å²) >= 11 is 0. The fourth-order valence-corrected chi connectivity index (χ4v) is 3.29. The summed E-state index contributed by atoms with van der Waals surface area (Å²) in [5, 5.41) is 0.0256. The van der Waals surface area contributed by atoms with Crippen LogP contribution < -0.4 is 9.46 Å². The number of hydrogen-bond acceptors (Lipinski definition) is 4. The maximum absolute atomic E-state index is 12.2. The van der Waals surface area contributed by atoms with Gasteiger partial charge in [-0.3, -0.25) is 0 Å². The van der Waals surface area contributed by atoms with Crippen molar-refractivity contribution in [3.63, 3.8) is 0 Å². The number of ether oxygens (including phenoxy) is 1. The maximum atomic E-state index is 12.2. The lowest BCUT2D eigenvalue weighted by molar-refractivity contribution is 0.414. The molecule has 2 aromatic rings. The molecule has 0 aliphatic rings. The van der Waals surface area contributed by atoms with Crippen molar-refractivity contribution in [3.05, 3.63) is 24.2 Å².